The molecule has 0 aliphatic heterocycles. The Kier molecular flexibility index (Phi) is 24.1. The number of allylic oxidation sites excluding steroid dienone is 1. The molecule has 4 heteroatoms. The van der Waals surface area contributed by atoms with Crippen LogP contribution in [0.25, 0.3) is 0 Å². The first kappa shape index (κ1) is 31.1. The summed E-state index contributed by atoms with van der Waals surface area (Å²) in [6, 6.07) is -0.611. The van der Waals surface area contributed by atoms with E-state index >= 15 is 0 Å². The maximum absolute atomic E-state index is 12.1. The van der Waals surface area contributed by atoms with Crippen molar-refractivity contribution in [2.24, 2.45) is 0 Å². The number of rotatable bonds is 24. The minimum atomic E-state index is -0.828. The first-order valence-electron chi connectivity index (χ1n) is 13.9. The molecule has 4 nitrogen and oxygen atoms in total. The van der Waals surface area contributed by atoms with Crippen molar-refractivity contribution in [3.63, 3.8) is 0 Å². The lowest BCUT2D eigenvalue weighted by Crippen LogP contribution is -2.45. The number of aliphatic hydroxyl groups excluding tert-OH is 2. The predicted molar refractivity (Wildman–Crippen MR) is 138 cm³/mol. The van der Waals surface area contributed by atoms with E-state index in [-0.39, 0.29) is 12.5 Å². The van der Waals surface area contributed by atoms with Gasteiger partial charge < -0.3 is 15.5 Å². The van der Waals surface area contributed by atoms with E-state index in [0.29, 0.717) is 6.42 Å². The van der Waals surface area contributed by atoms with Gasteiger partial charge in [-0.05, 0) is 19.3 Å². The maximum atomic E-state index is 12.1. The number of carbonyl (C=O) groups excluding carboxylic acids is 1. The lowest BCUT2D eigenvalue weighted by Gasteiger charge is -2.20. The summed E-state index contributed by atoms with van der Waals surface area (Å²) in [5, 5.41) is 22.6. The van der Waals surface area contributed by atoms with Gasteiger partial charge in [0.15, 0.2) is 0 Å². The quantitative estimate of drug-likeness (QED) is 0.107. The van der Waals surface area contributed by atoms with Crippen molar-refractivity contribution in [2.45, 2.75) is 154 Å². The van der Waals surface area contributed by atoms with E-state index in [4.69, 9.17) is 0 Å². The Morgan fingerprint density at radius 1 is 0.719 bits per heavy atom. The minimum Gasteiger partial charge on any atom is -0.394 e. The van der Waals surface area contributed by atoms with E-state index in [2.05, 4.69) is 19.2 Å². The standard InChI is InChI=1S/C28H55NO3/c1-3-5-7-9-11-12-13-14-15-16-18-19-21-23-27(31)26(25-30)29-28(32)24-22-20-17-10-8-6-4-2/h21,23,26-27,30-31H,3-20,22,24-25H2,1-2H3,(H,29,32)/b23-21+/t26-,27-/m0/s1. The zero-order valence-electron chi connectivity index (χ0n) is 21.5. The second-order valence-corrected chi connectivity index (χ2v) is 9.47. The molecule has 0 rings (SSSR count). The molecule has 32 heavy (non-hydrogen) atoms. The summed E-state index contributed by atoms with van der Waals surface area (Å²) in [6.45, 7) is 4.23. The fourth-order valence-electron chi connectivity index (χ4n) is 4.06. The first-order valence-corrected chi connectivity index (χ1v) is 13.9. The van der Waals surface area contributed by atoms with Crippen LogP contribution >= 0.6 is 0 Å². The van der Waals surface area contributed by atoms with E-state index in [1.54, 1.807) is 6.08 Å². The van der Waals surface area contributed by atoms with Crippen molar-refractivity contribution < 1.29 is 15.0 Å². The number of aliphatic hydroxyl groups is 2. The van der Waals surface area contributed by atoms with Gasteiger partial charge in [0.2, 0.25) is 5.91 Å². The van der Waals surface area contributed by atoms with E-state index in [1.165, 1.54) is 96.3 Å². The molecular weight excluding hydrogens is 398 g/mol. The van der Waals surface area contributed by atoms with Gasteiger partial charge in [0.1, 0.15) is 0 Å². The van der Waals surface area contributed by atoms with Crippen molar-refractivity contribution >= 4 is 5.91 Å². The highest BCUT2D eigenvalue weighted by molar-refractivity contribution is 5.76. The molecule has 0 aliphatic rings. The fourth-order valence-corrected chi connectivity index (χ4v) is 4.06. The smallest absolute Gasteiger partial charge is 0.220 e. The van der Waals surface area contributed by atoms with Gasteiger partial charge in [0.25, 0.3) is 0 Å². The Hall–Kier alpha value is -0.870. The van der Waals surface area contributed by atoms with Gasteiger partial charge in [0.05, 0.1) is 18.8 Å². The largest absolute Gasteiger partial charge is 0.394 e. The van der Waals surface area contributed by atoms with Crippen molar-refractivity contribution in [1.82, 2.24) is 5.32 Å². The molecule has 0 aromatic heterocycles. The molecule has 0 saturated carbocycles. The van der Waals surface area contributed by atoms with Gasteiger partial charge in [-0.1, -0.05) is 129 Å². The van der Waals surface area contributed by atoms with Crippen LogP contribution in [0.1, 0.15) is 142 Å². The van der Waals surface area contributed by atoms with Crippen LogP contribution in [-0.2, 0) is 4.79 Å². The molecular formula is C28H55NO3. The Morgan fingerprint density at radius 2 is 1.16 bits per heavy atom. The number of unbranched alkanes of at least 4 members (excludes halogenated alkanes) is 17. The van der Waals surface area contributed by atoms with Gasteiger partial charge in [-0.25, -0.2) is 0 Å². The second-order valence-electron chi connectivity index (χ2n) is 9.47. The summed E-state index contributed by atoms with van der Waals surface area (Å²) >= 11 is 0. The molecule has 190 valence electrons. The molecule has 2 atom stereocenters. The van der Waals surface area contributed by atoms with Gasteiger partial charge in [-0.15, -0.1) is 0 Å². The van der Waals surface area contributed by atoms with Crippen molar-refractivity contribution in [2.75, 3.05) is 6.61 Å². The molecule has 0 aromatic rings. The second kappa shape index (κ2) is 24.8. The van der Waals surface area contributed by atoms with E-state index in [1.807, 2.05) is 6.08 Å². The lowest BCUT2D eigenvalue weighted by molar-refractivity contribution is -0.123. The number of hydrogen-bond acceptors (Lipinski definition) is 3. The van der Waals surface area contributed by atoms with Gasteiger partial charge >= 0.3 is 0 Å². The Morgan fingerprint density at radius 3 is 1.62 bits per heavy atom. The van der Waals surface area contributed by atoms with E-state index in [9.17, 15) is 15.0 Å². The van der Waals surface area contributed by atoms with Crippen LogP contribution in [-0.4, -0.2) is 34.9 Å². The zero-order chi connectivity index (χ0) is 23.7. The highest BCUT2D eigenvalue weighted by Crippen LogP contribution is 2.12. The average Bonchev–Trinajstić information content (AvgIpc) is 2.79. The summed E-state index contributed by atoms with van der Waals surface area (Å²) < 4.78 is 0. The number of nitrogens with one attached hydrogen (secondary N) is 1. The van der Waals surface area contributed by atoms with Crippen molar-refractivity contribution in [1.29, 1.82) is 0 Å². The normalized spacial score (nSPS) is 13.5. The highest BCUT2D eigenvalue weighted by Gasteiger charge is 2.17. The highest BCUT2D eigenvalue weighted by atomic mass is 16.3. The number of carbonyl (C=O) groups is 1. The van der Waals surface area contributed by atoms with E-state index < -0.39 is 12.1 Å². The molecule has 0 saturated heterocycles. The van der Waals surface area contributed by atoms with Crippen LogP contribution in [0.15, 0.2) is 12.2 Å². The first-order chi connectivity index (χ1) is 15.7. The molecule has 0 radical (unpaired) electrons. The summed E-state index contributed by atoms with van der Waals surface area (Å²) in [4.78, 5) is 12.1. The van der Waals surface area contributed by atoms with Gasteiger partial charge in [0, 0.05) is 6.42 Å². The Balaban J connectivity index is 3.70. The summed E-state index contributed by atoms with van der Waals surface area (Å²) in [7, 11) is 0. The third kappa shape index (κ3) is 21.0. The number of hydrogen-bond donors (Lipinski definition) is 3. The van der Waals surface area contributed by atoms with Gasteiger partial charge in [-0.3, -0.25) is 4.79 Å². The van der Waals surface area contributed by atoms with Crippen LogP contribution in [0, 0.1) is 0 Å². The average molecular weight is 454 g/mol. The van der Waals surface area contributed by atoms with Crippen molar-refractivity contribution in [3.8, 4) is 0 Å². The van der Waals surface area contributed by atoms with Crippen LogP contribution in [0.4, 0.5) is 0 Å². The molecule has 0 spiro atoms. The predicted octanol–water partition coefficient (Wildman–Crippen LogP) is 7.22. The molecule has 0 bridgehead atoms. The summed E-state index contributed by atoms with van der Waals surface area (Å²) in [5.74, 6) is -0.0737. The molecule has 3 N–H and O–H groups in total. The van der Waals surface area contributed by atoms with Crippen LogP contribution in [0.5, 0.6) is 0 Å². The fraction of sp³-hybridized carbons (Fsp3) is 0.893. The van der Waals surface area contributed by atoms with E-state index in [0.717, 1.165) is 25.7 Å². The molecule has 0 fully saturated rings. The monoisotopic (exact) mass is 453 g/mol. The third-order valence-electron chi connectivity index (χ3n) is 6.27. The Bertz CT molecular complexity index is 425. The molecule has 0 aliphatic carbocycles. The lowest BCUT2D eigenvalue weighted by atomic mass is 10.0. The summed E-state index contributed by atoms with van der Waals surface area (Å²) in [5.41, 5.74) is 0. The Labute approximate surface area is 199 Å². The number of amides is 1. The van der Waals surface area contributed by atoms with Crippen LogP contribution in [0.3, 0.4) is 0 Å². The summed E-state index contributed by atoms with van der Waals surface area (Å²) in [6.07, 6.45) is 27.1. The topological polar surface area (TPSA) is 69.6 Å². The third-order valence-corrected chi connectivity index (χ3v) is 6.27. The van der Waals surface area contributed by atoms with Crippen LogP contribution < -0.4 is 5.32 Å². The molecule has 0 aromatic carbocycles. The molecule has 1 amide bonds. The molecule has 0 unspecified atom stereocenters. The maximum Gasteiger partial charge on any atom is 0.220 e. The SMILES string of the molecule is CCCCCCCCCCCCC/C=C/[C@H](O)[C@H](CO)NC(=O)CCCCCCCCC. The van der Waals surface area contributed by atoms with Gasteiger partial charge in [-0.2, -0.15) is 0 Å². The molecule has 0 heterocycles. The van der Waals surface area contributed by atoms with Crippen LogP contribution in [0.2, 0.25) is 0 Å². The van der Waals surface area contributed by atoms with Crippen molar-refractivity contribution in [3.05, 3.63) is 12.2 Å². The zero-order valence-corrected chi connectivity index (χ0v) is 21.5. The minimum absolute atomic E-state index is 0.0737.